The second kappa shape index (κ2) is 57.8. The number of rotatable bonds is 55. The maximum atomic E-state index is 13.2. The molecule has 1 heterocycles. The predicted molar refractivity (Wildman–Crippen MR) is 340 cm³/mol. The second-order valence-electron chi connectivity index (χ2n) is 22.0. The number of aliphatic carboxylic acids is 1. The average molecular weight is 1160 g/mol. The van der Waals surface area contributed by atoms with Gasteiger partial charge in [-0.2, -0.15) is 0 Å². The highest BCUT2D eigenvalue weighted by molar-refractivity contribution is 5.74. The van der Waals surface area contributed by atoms with E-state index in [1.807, 2.05) is 0 Å². The summed E-state index contributed by atoms with van der Waals surface area (Å²) in [6.07, 6.45) is 66.0. The molecule has 12 nitrogen and oxygen atoms in total. The molecular formula is C71H116O12. The molecule has 472 valence electrons. The Bertz CT molecular complexity index is 1860. The number of carboxylic acid groups (broad SMARTS) is 1. The van der Waals surface area contributed by atoms with Gasteiger partial charge in [-0.1, -0.05) is 226 Å². The third-order valence-corrected chi connectivity index (χ3v) is 14.3. The SMILES string of the molecule is CC/C=C\C/C=C\C/C=C\C/C=C\CCCCCCCCC(=O)OCC(COC1OC(C(=O)O)C(O)C(O)C1OC(=O)CCCCCCC/C=C\C/C=C\CCCCC)OC(=O)CCCCCCCC/C=C\C/C=C\C/C=C\CCCCC. The van der Waals surface area contributed by atoms with Gasteiger partial charge in [0.25, 0.3) is 0 Å². The van der Waals surface area contributed by atoms with Crippen LogP contribution in [0.4, 0.5) is 0 Å². The highest BCUT2D eigenvalue weighted by Gasteiger charge is 2.50. The van der Waals surface area contributed by atoms with Crippen molar-refractivity contribution < 1.29 is 58.2 Å². The zero-order chi connectivity index (χ0) is 60.3. The Labute approximate surface area is 504 Å². The summed E-state index contributed by atoms with van der Waals surface area (Å²) in [5.41, 5.74) is 0. The van der Waals surface area contributed by atoms with Gasteiger partial charge in [-0.15, -0.1) is 0 Å². The van der Waals surface area contributed by atoms with Crippen LogP contribution in [0.15, 0.2) is 109 Å². The maximum absolute atomic E-state index is 13.2. The molecule has 1 saturated heterocycles. The van der Waals surface area contributed by atoms with E-state index >= 15 is 0 Å². The topological polar surface area (TPSA) is 175 Å². The van der Waals surface area contributed by atoms with E-state index in [1.54, 1.807) is 0 Å². The summed E-state index contributed by atoms with van der Waals surface area (Å²) in [6.45, 7) is 5.81. The number of aliphatic hydroxyl groups is 2. The fourth-order valence-corrected chi connectivity index (χ4v) is 9.28. The Hall–Kier alpha value is -4.62. The monoisotopic (exact) mass is 1160 g/mol. The summed E-state index contributed by atoms with van der Waals surface area (Å²) in [5, 5.41) is 31.6. The first kappa shape index (κ1) is 76.4. The van der Waals surface area contributed by atoms with E-state index in [1.165, 1.54) is 44.9 Å². The number of allylic oxidation sites excluding steroid dienone is 18. The van der Waals surface area contributed by atoms with Gasteiger partial charge in [-0.3, -0.25) is 14.4 Å². The van der Waals surface area contributed by atoms with E-state index in [2.05, 4.69) is 130 Å². The Morgan fingerprint density at radius 1 is 0.410 bits per heavy atom. The van der Waals surface area contributed by atoms with E-state index in [0.29, 0.717) is 19.3 Å². The van der Waals surface area contributed by atoms with Crippen molar-refractivity contribution in [2.45, 2.75) is 302 Å². The van der Waals surface area contributed by atoms with Crippen LogP contribution in [0.25, 0.3) is 0 Å². The molecule has 0 aromatic rings. The van der Waals surface area contributed by atoms with Crippen LogP contribution in [0.3, 0.4) is 0 Å². The first-order valence-corrected chi connectivity index (χ1v) is 32.9. The van der Waals surface area contributed by atoms with Crippen molar-refractivity contribution in [1.29, 1.82) is 0 Å². The Balaban J connectivity index is 2.69. The van der Waals surface area contributed by atoms with Crippen LogP contribution in [-0.4, -0.2) is 89.2 Å². The van der Waals surface area contributed by atoms with Crippen LogP contribution in [0.2, 0.25) is 0 Å². The van der Waals surface area contributed by atoms with E-state index in [9.17, 15) is 34.5 Å². The van der Waals surface area contributed by atoms with Gasteiger partial charge in [0.2, 0.25) is 0 Å². The molecule has 1 aliphatic rings. The smallest absolute Gasteiger partial charge is 0.335 e. The van der Waals surface area contributed by atoms with Gasteiger partial charge in [0, 0.05) is 19.3 Å². The van der Waals surface area contributed by atoms with Gasteiger partial charge in [0.15, 0.2) is 24.6 Å². The number of hydrogen-bond acceptors (Lipinski definition) is 11. The molecule has 1 rings (SSSR count). The highest BCUT2D eigenvalue weighted by Crippen LogP contribution is 2.26. The number of carboxylic acids is 1. The Morgan fingerprint density at radius 2 is 0.759 bits per heavy atom. The fraction of sp³-hybridized carbons (Fsp3) is 0.690. The number of esters is 3. The lowest BCUT2D eigenvalue weighted by molar-refractivity contribution is -0.301. The van der Waals surface area contributed by atoms with Crippen molar-refractivity contribution in [3.63, 3.8) is 0 Å². The van der Waals surface area contributed by atoms with Gasteiger partial charge >= 0.3 is 23.9 Å². The molecule has 0 aromatic carbocycles. The molecule has 0 spiro atoms. The average Bonchev–Trinajstić information content (AvgIpc) is 3.58. The third kappa shape index (κ3) is 47.3. The number of ether oxygens (including phenoxy) is 5. The number of hydrogen-bond donors (Lipinski definition) is 3. The zero-order valence-electron chi connectivity index (χ0n) is 52.2. The third-order valence-electron chi connectivity index (χ3n) is 14.3. The van der Waals surface area contributed by atoms with Crippen molar-refractivity contribution in [2.24, 2.45) is 0 Å². The minimum atomic E-state index is -1.92. The standard InChI is InChI=1S/C71H116O12/c1-4-7-10-13-16-19-22-25-28-30-32-34-37-39-42-45-48-51-54-57-63(72)79-60-62(81-64(73)58-55-52-49-46-43-41-38-35-33-31-29-26-23-20-17-14-11-8-5-2)61-80-71-69(67(76)66(75)68(83-71)70(77)78)82-65(74)59-56-53-50-47-44-40-36-27-24-21-18-15-12-9-6-3/h7,10,16-21,25-29,32-36,62,66-69,71,75-76H,4-6,8-9,11-15,22-24,30-31,37-61H2,1-3H3,(H,77,78)/b10-7-,19-16-,20-17-,21-18-,28-25-,29-26-,34-32-,35-33-,36-27-. The molecule has 0 saturated carbocycles. The van der Waals surface area contributed by atoms with Crippen LogP contribution in [0, 0.1) is 0 Å². The molecule has 3 N–H and O–H groups in total. The minimum absolute atomic E-state index is 0.0367. The molecule has 0 amide bonds. The molecular weight excluding hydrogens is 1040 g/mol. The van der Waals surface area contributed by atoms with Gasteiger partial charge in [-0.25, -0.2) is 4.79 Å². The molecule has 1 fully saturated rings. The van der Waals surface area contributed by atoms with Gasteiger partial charge in [0.1, 0.15) is 18.8 Å². The van der Waals surface area contributed by atoms with E-state index < -0.39 is 67.3 Å². The highest BCUT2D eigenvalue weighted by atomic mass is 16.7. The fourth-order valence-electron chi connectivity index (χ4n) is 9.28. The van der Waals surface area contributed by atoms with Crippen LogP contribution in [-0.2, 0) is 42.9 Å². The van der Waals surface area contributed by atoms with Crippen molar-refractivity contribution in [3.8, 4) is 0 Å². The first-order chi connectivity index (χ1) is 40.6. The first-order valence-electron chi connectivity index (χ1n) is 32.9. The summed E-state index contributed by atoms with van der Waals surface area (Å²) < 4.78 is 28.5. The normalized spacial score (nSPS) is 18.3. The Morgan fingerprint density at radius 3 is 1.16 bits per heavy atom. The molecule has 0 radical (unpaired) electrons. The maximum Gasteiger partial charge on any atom is 0.335 e. The second-order valence-corrected chi connectivity index (χ2v) is 22.0. The number of aliphatic hydroxyl groups excluding tert-OH is 2. The molecule has 6 unspecified atom stereocenters. The van der Waals surface area contributed by atoms with Crippen molar-refractivity contribution in [1.82, 2.24) is 0 Å². The van der Waals surface area contributed by atoms with Crippen LogP contribution >= 0.6 is 0 Å². The predicted octanol–water partition coefficient (Wildman–Crippen LogP) is 17.8. The van der Waals surface area contributed by atoms with Crippen LogP contribution in [0.1, 0.15) is 265 Å². The summed E-state index contributed by atoms with van der Waals surface area (Å²) in [5.74, 6) is -3.18. The lowest BCUT2D eigenvalue weighted by Gasteiger charge is -2.40. The minimum Gasteiger partial charge on any atom is -0.479 e. The molecule has 12 heteroatoms. The quantitative estimate of drug-likeness (QED) is 0.0228. The Kier molecular flexibility index (Phi) is 53.2. The molecule has 0 aliphatic carbocycles. The van der Waals surface area contributed by atoms with E-state index in [-0.39, 0.29) is 25.9 Å². The lowest BCUT2D eigenvalue weighted by Crippen LogP contribution is -2.61. The number of carbonyl (C=O) groups is 4. The molecule has 1 aliphatic heterocycles. The molecule has 83 heavy (non-hydrogen) atoms. The summed E-state index contributed by atoms with van der Waals surface area (Å²) in [7, 11) is 0. The van der Waals surface area contributed by atoms with E-state index in [4.69, 9.17) is 23.7 Å². The summed E-state index contributed by atoms with van der Waals surface area (Å²) in [6, 6.07) is 0. The molecule has 0 aromatic heterocycles. The number of unbranched alkanes of at least 4 members (excludes halogenated alkanes) is 23. The van der Waals surface area contributed by atoms with Crippen molar-refractivity contribution in [2.75, 3.05) is 13.2 Å². The zero-order valence-corrected chi connectivity index (χ0v) is 52.2. The summed E-state index contributed by atoms with van der Waals surface area (Å²) >= 11 is 0. The van der Waals surface area contributed by atoms with Crippen LogP contribution < -0.4 is 0 Å². The van der Waals surface area contributed by atoms with E-state index in [0.717, 1.165) is 161 Å². The number of carbonyl (C=O) groups excluding carboxylic acids is 3. The van der Waals surface area contributed by atoms with Crippen molar-refractivity contribution in [3.05, 3.63) is 109 Å². The van der Waals surface area contributed by atoms with Gasteiger partial charge in [-0.05, 0) is 128 Å². The lowest BCUT2D eigenvalue weighted by atomic mass is 9.98. The van der Waals surface area contributed by atoms with Crippen molar-refractivity contribution >= 4 is 23.9 Å². The largest absolute Gasteiger partial charge is 0.479 e. The molecule has 6 atom stereocenters. The van der Waals surface area contributed by atoms with Crippen LogP contribution in [0.5, 0.6) is 0 Å². The summed E-state index contributed by atoms with van der Waals surface area (Å²) in [4.78, 5) is 51.4. The van der Waals surface area contributed by atoms with Gasteiger partial charge in [0.05, 0.1) is 6.61 Å². The van der Waals surface area contributed by atoms with Gasteiger partial charge < -0.3 is 39.0 Å². The molecule has 0 bridgehead atoms.